The summed E-state index contributed by atoms with van der Waals surface area (Å²) in [7, 11) is -3.60. The van der Waals surface area contributed by atoms with Gasteiger partial charge in [-0.2, -0.15) is 8.42 Å². The van der Waals surface area contributed by atoms with Crippen LogP contribution in [0.15, 0.2) is 29.2 Å². The lowest BCUT2D eigenvalue weighted by atomic mass is 9.94. The average molecular weight is 323 g/mol. The summed E-state index contributed by atoms with van der Waals surface area (Å²) in [4.78, 5) is 2.84. The van der Waals surface area contributed by atoms with E-state index in [1.165, 1.54) is 38.8 Å². The van der Waals surface area contributed by atoms with Gasteiger partial charge in [-0.05, 0) is 70.2 Å². The van der Waals surface area contributed by atoms with Gasteiger partial charge in [0.15, 0.2) is 0 Å². The zero-order chi connectivity index (χ0) is 15.6. The Morgan fingerprint density at radius 1 is 1.09 bits per heavy atom. The van der Waals surface area contributed by atoms with Crippen LogP contribution in [0.5, 0.6) is 0 Å². The third-order valence-corrected chi connectivity index (χ3v) is 6.11. The molecular formula is C17H25NO3S. The third-order valence-electron chi connectivity index (χ3n) is 4.79. The Morgan fingerprint density at radius 3 is 2.32 bits per heavy atom. The van der Waals surface area contributed by atoms with Gasteiger partial charge in [-0.25, -0.2) is 0 Å². The Balaban J connectivity index is 1.43. The third kappa shape index (κ3) is 4.09. The van der Waals surface area contributed by atoms with Crippen molar-refractivity contribution in [2.45, 2.75) is 50.0 Å². The van der Waals surface area contributed by atoms with E-state index in [4.69, 9.17) is 4.18 Å². The monoisotopic (exact) mass is 323 g/mol. The molecule has 0 amide bonds. The van der Waals surface area contributed by atoms with Crippen molar-refractivity contribution in [1.82, 2.24) is 4.90 Å². The van der Waals surface area contributed by atoms with E-state index >= 15 is 0 Å². The smallest absolute Gasteiger partial charge is 0.296 e. The van der Waals surface area contributed by atoms with Crippen LogP contribution in [0.2, 0.25) is 0 Å². The SMILES string of the molecule is Cc1ccc(S(=O)(=O)OCCC2CCN(C3CC3)CC2)cc1. The molecule has 0 aromatic heterocycles. The van der Waals surface area contributed by atoms with Crippen LogP contribution in [-0.4, -0.2) is 39.1 Å². The van der Waals surface area contributed by atoms with E-state index in [0.717, 1.165) is 18.0 Å². The molecule has 3 rings (SSSR count). The van der Waals surface area contributed by atoms with E-state index in [9.17, 15) is 8.42 Å². The molecule has 2 fully saturated rings. The maximum Gasteiger partial charge on any atom is 0.296 e. The molecule has 0 bridgehead atoms. The van der Waals surface area contributed by atoms with Crippen molar-refractivity contribution in [2.24, 2.45) is 5.92 Å². The van der Waals surface area contributed by atoms with Gasteiger partial charge in [0.05, 0.1) is 11.5 Å². The molecule has 22 heavy (non-hydrogen) atoms. The highest BCUT2D eigenvalue weighted by Crippen LogP contribution is 2.31. The standard InChI is InChI=1S/C17H25NO3S/c1-14-2-6-17(7-3-14)22(19,20)21-13-10-15-8-11-18(12-9-15)16-4-5-16/h2-3,6-7,15-16H,4-5,8-13H2,1H3. The number of rotatable bonds is 6. The molecule has 1 heterocycles. The van der Waals surface area contributed by atoms with Crippen LogP contribution < -0.4 is 0 Å². The fourth-order valence-corrected chi connectivity index (χ4v) is 4.07. The second kappa shape index (κ2) is 6.69. The summed E-state index contributed by atoms with van der Waals surface area (Å²) in [5.41, 5.74) is 1.04. The van der Waals surface area contributed by atoms with E-state index < -0.39 is 10.1 Å². The molecule has 0 spiro atoms. The Kier molecular flexibility index (Phi) is 4.85. The van der Waals surface area contributed by atoms with E-state index in [1.807, 2.05) is 6.92 Å². The van der Waals surface area contributed by atoms with Crippen LogP contribution in [0.1, 0.15) is 37.7 Å². The molecule has 2 aliphatic rings. The molecule has 0 radical (unpaired) electrons. The summed E-state index contributed by atoms with van der Waals surface area (Å²) in [5, 5.41) is 0. The zero-order valence-electron chi connectivity index (χ0n) is 13.2. The average Bonchev–Trinajstić information content (AvgIpc) is 3.33. The first-order chi connectivity index (χ1) is 10.5. The Bertz CT molecular complexity index is 585. The van der Waals surface area contributed by atoms with E-state index in [-0.39, 0.29) is 4.90 Å². The normalized spacial score (nSPS) is 21.1. The molecule has 4 nitrogen and oxygen atoms in total. The van der Waals surface area contributed by atoms with Gasteiger partial charge in [0.2, 0.25) is 0 Å². The Hall–Kier alpha value is -0.910. The first kappa shape index (κ1) is 16.0. The highest BCUT2D eigenvalue weighted by atomic mass is 32.2. The van der Waals surface area contributed by atoms with Crippen LogP contribution in [0, 0.1) is 12.8 Å². The number of hydrogen-bond acceptors (Lipinski definition) is 4. The predicted octanol–water partition coefficient (Wildman–Crippen LogP) is 2.96. The van der Waals surface area contributed by atoms with Gasteiger partial charge in [0, 0.05) is 6.04 Å². The highest BCUT2D eigenvalue weighted by molar-refractivity contribution is 7.86. The van der Waals surface area contributed by atoms with Crippen LogP contribution >= 0.6 is 0 Å². The van der Waals surface area contributed by atoms with Crippen LogP contribution in [0.25, 0.3) is 0 Å². The Morgan fingerprint density at radius 2 is 1.73 bits per heavy atom. The molecule has 1 aromatic rings. The fraction of sp³-hybridized carbons (Fsp3) is 0.647. The Labute approximate surface area is 133 Å². The van der Waals surface area contributed by atoms with Gasteiger partial charge >= 0.3 is 0 Å². The minimum Gasteiger partial charge on any atom is -0.300 e. The fourth-order valence-electron chi connectivity index (χ4n) is 3.14. The number of piperidine rings is 1. The first-order valence-electron chi connectivity index (χ1n) is 8.25. The molecule has 1 aliphatic carbocycles. The van der Waals surface area contributed by atoms with Crippen molar-refractivity contribution >= 4 is 10.1 Å². The number of benzene rings is 1. The minimum atomic E-state index is -3.60. The first-order valence-corrected chi connectivity index (χ1v) is 9.65. The van der Waals surface area contributed by atoms with Crippen LogP contribution in [0.4, 0.5) is 0 Å². The van der Waals surface area contributed by atoms with Gasteiger partial charge in [0.25, 0.3) is 10.1 Å². The van der Waals surface area contributed by atoms with E-state index in [0.29, 0.717) is 12.5 Å². The van der Waals surface area contributed by atoms with Gasteiger partial charge in [-0.15, -0.1) is 0 Å². The van der Waals surface area contributed by atoms with Gasteiger partial charge in [-0.3, -0.25) is 4.18 Å². The molecule has 1 aliphatic heterocycles. The van der Waals surface area contributed by atoms with Crippen molar-refractivity contribution in [1.29, 1.82) is 0 Å². The molecule has 0 unspecified atom stereocenters. The molecule has 5 heteroatoms. The van der Waals surface area contributed by atoms with Crippen molar-refractivity contribution in [3.8, 4) is 0 Å². The number of likely N-dealkylation sites (tertiary alicyclic amines) is 1. The summed E-state index contributed by atoms with van der Waals surface area (Å²) in [6.07, 6.45) is 5.91. The van der Waals surface area contributed by atoms with Crippen LogP contribution in [-0.2, 0) is 14.3 Å². The maximum atomic E-state index is 12.1. The summed E-state index contributed by atoms with van der Waals surface area (Å²) in [6.45, 7) is 4.57. The molecular weight excluding hydrogens is 298 g/mol. The van der Waals surface area contributed by atoms with Gasteiger partial charge < -0.3 is 4.90 Å². The lowest BCUT2D eigenvalue weighted by Crippen LogP contribution is -2.35. The molecule has 0 N–H and O–H groups in total. The van der Waals surface area contributed by atoms with Crippen molar-refractivity contribution in [2.75, 3.05) is 19.7 Å². The summed E-state index contributed by atoms with van der Waals surface area (Å²) in [5.74, 6) is 0.600. The number of nitrogens with zero attached hydrogens (tertiary/aromatic N) is 1. The van der Waals surface area contributed by atoms with Crippen LogP contribution in [0.3, 0.4) is 0 Å². The predicted molar refractivity (Wildman–Crippen MR) is 86.3 cm³/mol. The van der Waals surface area contributed by atoms with E-state index in [2.05, 4.69) is 4.90 Å². The maximum absolute atomic E-state index is 12.1. The highest BCUT2D eigenvalue weighted by Gasteiger charge is 2.31. The van der Waals surface area contributed by atoms with Crippen molar-refractivity contribution < 1.29 is 12.6 Å². The molecule has 1 saturated heterocycles. The quantitative estimate of drug-likeness (QED) is 0.755. The topological polar surface area (TPSA) is 46.6 Å². The minimum absolute atomic E-state index is 0.252. The van der Waals surface area contributed by atoms with E-state index in [1.54, 1.807) is 24.3 Å². The summed E-state index contributed by atoms with van der Waals surface area (Å²) < 4.78 is 29.4. The molecule has 1 saturated carbocycles. The lowest BCUT2D eigenvalue weighted by Gasteiger charge is -2.31. The zero-order valence-corrected chi connectivity index (χ0v) is 14.0. The second-order valence-corrected chi connectivity index (χ2v) is 8.20. The van der Waals surface area contributed by atoms with Gasteiger partial charge in [-0.1, -0.05) is 17.7 Å². The molecule has 122 valence electrons. The van der Waals surface area contributed by atoms with Crippen molar-refractivity contribution in [3.05, 3.63) is 29.8 Å². The van der Waals surface area contributed by atoms with Gasteiger partial charge in [0.1, 0.15) is 0 Å². The number of hydrogen-bond donors (Lipinski definition) is 0. The van der Waals surface area contributed by atoms with Crippen molar-refractivity contribution in [3.63, 3.8) is 0 Å². The summed E-state index contributed by atoms with van der Waals surface area (Å²) >= 11 is 0. The second-order valence-electron chi connectivity index (χ2n) is 6.59. The lowest BCUT2D eigenvalue weighted by molar-refractivity contribution is 0.158. The number of aryl methyl sites for hydroxylation is 1. The molecule has 0 atom stereocenters. The molecule has 1 aromatic carbocycles. The summed E-state index contributed by atoms with van der Waals surface area (Å²) in [6, 6.07) is 7.66. The largest absolute Gasteiger partial charge is 0.300 e.